The highest BCUT2D eigenvalue weighted by atomic mass is 79.9. The van der Waals surface area contributed by atoms with Crippen molar-refractivity contribution in [3.05, 3.63) is 20.8 Å². The van der Waals surface area contributed by atoms with Gasteiger partial charge in [0.05, 0.1) is 18.8 Å². The van der Waals surface area contributed by atoms with Crippen LogP contribution in [0.2, 0.25) is 0 Å². The summed E-state index contributed by atoms with van der Waals surface area (Å²) in [5.74, 6) is 0. The molecule has 14 heavy (non-hydrogen) atoms. The molecule has 5 heteroatoms. The first-order valence-electron chi connectivity index (χ1n) is 4.30. The Kier molecular flexibility index (Phi) is 4.53. The molecule has 1 aromatic rings. The van der Waals surface area contributed by atoms with Gasteiger partial charge >= 0.3 is 0 Å². The van der Waals surface area contributed by atoms with E-state index < -0.39 is 5.54 Å². The van der Waals surface area contributed by atoms with Crippen LogP contribution in [0.3, 0.4) is 0 Å². The third-order valence-corrected chi connectivity index (χ3v) is 3.99. The van der Waals surface area contributed by atoms with Gasteiger partial charge in [0.25, 0.3) is 0 Å². The van der Waals surface area contributed by atoms with Crippen LogP contribution < -0.4 is 5.32 Å². The van der Waals surface area contributed by atoms with E-state index in [0.717, 1.165) is 9.35 Å². The van der Waals surface area contributed by atoms with Crippen molar-refractivity contribution in [3.8, 4) is 0 Å². The predicted octanol–water partition coefficient (Wildman–Crippen LogP) is 1.34. The summed E-state index contributed by atoms with van der Waals surface area (Å²) in [6, 6.07) is 1.98. The molecule has 0 aliphatic rings. The van der Waals surface area contributed by atoms with Crippen molar-refractivity contribution >= 4 is 27.3 Å². The molecule has 0 bridgehead atoms. The molecule has 80 valence electrons. The molecule has 0 unspecified atom stereocenters. The number of nitrogens with one attached hydrogen (secondary N) is 1. The number of thiophene rings is 1. The molecule has 1 rings (SSSR count). The van der Waals surface area contributed by atoms with Crippen LogP contribution in [-0.2, 0) is 6.54 Å². The van der Waals surface area contributed by atoms with Gasteiger partial charge in [-0.1, -0.05) is 0 Å². The van der Waals surface area contributed by atoms with Crippen molar-refractivity contribution in [3.63, 3.8) is 0 Å². The molecule has 1 heterocycles. The van der Waals surface area contributed by atoms with Crippen LogP contribution >= 0.6 is 27.3 Å². The first-order chi connectivity index (χ1) is 6.61. The Hall–Kier alpha value is 0.0600. The second-order valence-corrected chi connectivity index (χ2v) is 5.28. The second-order valence-electron chi connectivity index (χ2n) is 3.42. The van der Waals surface area contributed by atoms with E-state index in [1.807, 2.05) is 11.4 Å². The molecule has 3 nitrogen and oxygen atoms in total. The van der Waals surface area contributed by atoms with Crippen LogP contribution in [0.1, 0.15) is 11.8 Å². The van der Waals surface area contributed by atoms with Gasteiger partial charge in [0.1, 0.15) is 0 Å². The summed E-state index contributed by atoms with van der Waals surface area (Å²) in [4.78, 5) is 1.16. The van der Waals surface area contributed by atoms with E-state index in [1.54, 1.807) is 18.3 Å². The quantitative estimate of drug-likeness (QED) is 0.763. The molecule has 0 saturated heterocycles. The van der Waals surface area contributed by atoms with Crippen LogP contribution in [0.25, 0.3) is 0 Å². The second kappa shape index (κ2) is 5.23. The Bertz CT molecular complexity index is 286. The van der Waals surface area contributed by atoms with Crippen molar-refractivity contribution in [1.82, 2.24) is 5.32 Å². The lowest BCUT2D eigenvalue weighted by Crippen LogP contribution is -2.48. The molecule has 1 aromatic heterocycles. The minimum Gasteiger partial charge on any atom is -0.394 e. The normalized spacial score (nSPS) is 12.0. The molecule has 0 spiro atoms. The number of halogens is 1. The maximum Gasteiger partial charge on any atom is 0.0633 e. The average molecular weight is 280 g/mol. The van der Waals surface area contributed by atoms with Crippen LogP contribution in [0.15, 0.2) is 15.9 Å². The van der Waals surface area contributed by atoms with Crippen molar-refractivity contribution < 1.29 is 10.2 Å². The summed E-state index contributed by atoms with van der Waals surface area (Å²) in [5.41, 5.74) is -0.608. The number of hydrogen-bond acceptors (Lipinski definition) is 4. The highest BCUT2D eigenvalue weighted by molar-refractivity contribution is 9.10. The Morgan fingerprint density at radius 3 is 2.57 bits per heavy atom. The first kappa shape index (κ1) is 12.1. The van der Waals surface area contributed by atoms with Gasteiger partial charge in [-0.25, -0.2) is 0 Å². The average Bonchev–Trinajstić information content (AvgIpc) is 2.61. The first-order valence-corrected chi connectivity index (χ1v) is 5.97. The largest absolute Gasteiger partial charge is 0.394 e. The van der Waals surface area contributed by atoms with Crippen molar-refractivity contribution in [1.29, 1.82) is 0 Å². The summed E-state index contributed by atoms with van der Waals surface area (Å²) < 4.78 is 1.06. The zero-order valence-electron chi connectivity index (χ0n) is 7.96. The van der Waals surface area contributed by atoms with E-state index in [4.69, 9.17) is 10.2 Å². The van der Waals surface area contributed by atoms with E-state index in [1.165, 1.54) is 0 Å². The van der Waals surface area contributed by atoms with E-state index in [2.05, 4.69) is 21.2 Å². The lowest BCUT2D eigenvalue weighted by atomic mass is 10.1. The molecule has 0 aromatic carbocycles. The SMILES string of the molecule is CC(CO)(CO)NCc1sccc1Br. The van der Waals surface area contributed by atoms with Crippen molar-refractivity contribution in [2.45, 2.75) is 19.0 Å². The zero-order chi connectivity index (χ0) is 10.6. The van der Waals surface area contributed by atoms with Crippen LogP contribution in [0, 0.1) is 0 Å². The fourth-order valence-electron chi connectivity index (χ4n) is 0.907. The molecular weight excluding hydrogens is 266 g/mol. The third kappa shape index (κ3) is 3.03. The maximum absolute atomic E-state index is 9.05. The van der Waals surface area contributed by atoms with E-state index in [0.29, 0.717) is 6.54 Å². The molecule has 0 atom stereocenters. The molecule has 0 saturated carbocycles. The van der Waals surface area contributed by atoms with E-state index >= 15 is 0 Å². The minimum absolute atomic E-state index is 0.0769. The highest BCUT2D eigenvalue weighted by Gasteiger charge is 2.21. The predicted molar refractivity (Wildman–Crippen MR) is 61.4 cm³/mol. The molecule has 0 amide bonds. The number of aliphatic hydroxyl groups excluding tert-OH is 2. The lowest BCUT2D eigenvalue weighted by molar-refractivity contribution is 0.103. The van der Waals surface area contributed by atoms with Crippen LogP contribution in [0.4, 0.5) is 0 Å². The molecule has 0 fully saturated rings. The third-order valence-electron chi connectivity index (χ3n) is 2.06. The van der Waals surface area contributed by atoms with Gasteiger partial charge in [-0.05, 0) is 34.3 Å². The van der Waals surface area contributed by atoms with Gasteiger partial charge in [-0.15, -0.1) is 11.3 Å². The number of hydrogen-bond donors (Lipinski definition) is 3. The zero-order valence-corrected chi connectivity index (χ0v) is 10.4. The van der Waals surface area contributed by atoms with Crippen LogP contribution in [-0.4, -0.2) is 29.0 Å². The van der Waals surface area contributed by atoms with Crippen molar-refractivity contribution in [2.24, 2.45) is 0 Å². The van der Waals surface area contributed by atoms with E-state index in [-0.39, 0.29) is 13.2 Å². The molecule has 0 aliphatic heterocycles. The molecule has 3 N–H and O–H groups in total. The fourth-order valence-corrected chi connectivity index (χ4v) is 2.34. The topological polar surface area (TPSA) is 52.5 Å². The summed E-state index contributed by atoms with van der Waals surface area (Å²) in [5, 5.41) is 23.2. The Balaban J connectivity index is 2.52. The van der Waals surface area contributed by atoms with Gasteiger partial charge in [0.2, 0.25) is 0 Å². The monoisotopic (exact) mass is 279 g/mol. The fraction of sp³-hybridized carbons (Fsp3) is 0.556. The molecule has 0 radical (unpaired) electrons. The molecular formula is C9H14BrNO2S. The Morgan fingerprint density at radius 2 is 2.14 bits per heavy atom. The highest BCUT2D eigenvalue weighted by Crippen LogP contribution is 2.22. The Morgan fingerprint density at radius 1 is 1.50 bits per heavy atom. The number of aliphatic hydroxyl groups is 2. The van der Waals surface area contributed by atoms with Crippen LogP contribution in [0.5, 0.6) is 0 Å². The van der Waals surface area contributed by atoms with E-state index in [9.17, 15) is 0 Å². The number of rotatable bonds is 5. The van der Waals surface area contributed by atoms with Crippen molar-refractivity contribution in [2.75, 3.05) is 13.2 Å². The van der Waals surface area contributed by atoms with Gasteiger partial charge in [-0.2, -0.15) is 0 Å². The minimum atomic E-state index is -0.608. The summed E-state index contributed by atoms with van der Waals surface area (Å²) in [7, 11) is 0. The smallest absolute Gasteiger partial charge is 0.0633 e. The molecule has 0 aliphatic carbocycles. The Labute approximate surface area is 95.9 Å². The lowest BCUT2D eigenvalue weighted by Gasteiger charge is -2.26. The summed E-state index contributed by atoms with van der Waals surface area (Å²) >= 11 is 5.06. The summed E-state index contributed by atoms with van der Waals surface area (Å²) in [6.45, 7) is 2.28. The standard InChI is InChI=1S/C9H14BrNO2S/c1-9(5-12,6-13)11-4-8-7(10)2-3-14-8/h2-3,11-13H,4-6H2,1H3. The van der Waals surface area contributed by atoms with Gasteiger partial charge in [-0.3, -0.25) is 0 Å². The van der Waals surface area contributed by atoms with Gasteiger partial charge in [0, 0.05) is 15.9 Å². The van der Waals surface area contributed by atoms with Gasteiger partial charge < -0.3 is 15.5 Å². The maximum atomic E-state index is 9.05. The van der Waals surface area contributed by atoms with Gasteiger partial charge in [0.15, 0.2) is 0 Å². The summed E-state index contributed by atoms with van der Waals surface area (Å²) in [6.07, 6.45) is 0.